The first kappa shape index (κ1) is 28.6. The van der Waals surface area contributed by atoms with Crippen molar-refractivity contribution in [2.24, 2.45) is 50.2 Å². The van der Waals surface area contributed by atoms with Crippen molar-refractivity contribution in [2.45, 2.75) is 99.6 Å². The molecule has 0 bridgehead atoms. The van der Waals surface area contributed by atoms with E-state index in [4.69, 9.17) is 4.74 Å². The maximum Gasteiger partial charge on any atom is 0.419 e. The van der Waals surface area contributed by atoms with E-state index < -0.39 is 50.5 Å². The SMILES string of the molecule is COC(=O)[C@]12CCC(C)(C)C[C@@H]1C1C(=O)C=C3[C@@]4(C)C=C(C(F)(F)F)C(=O)C(C)(C)[C@@H]4CC[C@@]3(C)[C@]1(C)CC2. The topological polar surface area (TPSA) is 60.4 Å². The smallest absolute Gasteiger partial charge is 0.419 e. The normalized spacial score (nSPS) is 44.6. The number of Topliss-reactive ketones (excluding diaryl/α,β-unsaturated/α-hetero) is 1. The first-order valence-corrected chi connectivity index (χ1v) is 14.4. The van der Waals surface area contributed by atoms with Crippen LogP contribution in [-0.4, -0.2) is 30.8 Å². The van der Waals surface area contributed by atoms with Crippen molar-refractivity contribution in [1.29, 1.82) is 0 Å². The predicted molar refractivity (Wildman–Crippen MR) is 141 cm³/mol. The van der Waals surface area contributed by atoms with Gasteiger partial charge in [0, 0.05) is 16.7 Å². The molecule has 0 heterocycles. The molecule has 0 aromatic heterocycles. The number of alkyl halides is 3. The molecule has 0 aromatic carbocycles. The Morgan fingerprint density at radius 1 is 0.949 bits per heavy atom. The zero-order valence-corrected chi connectivity index (χ0v) is 24.6. The number of rotatable bonds is 1. The van der Waals surface area contributed by atoms with Gasteiger partial charge in [-0.1, -0.05) is 60.1 Å². The first-order chi connectivity index (χ1) is 17.7. The van der Waals surface area contributed by atoms with Crippen molar-refractivity contribution in [3.63, 3.8) is 0 Å². The fourth-order valence-electron chi connectivity index (χ4n) is 10.3. The van der Waals surface area contributed by atoms with E-state index in [1.165, 1.54) is 7.11 Å². The lowest BCUT2D eigenvalue weighted by molar-refractivity contribution is -0.191. The van der Waals surface area contributed by atoms with Crippen LogP contribution in [0.4, 0.5) is 13.2 Å². The number of hydrogen-bond donors (Lipinski definition) is 0. The number of hydrogen-bond acceptors (Lipinski definition) is 4. The van der Waals surface area contributed by atoms with Gasteiger partial charge in [0.05, 0.1) is 18.1 Å². The van der Waals surface area contributed by atoms with Gasteiger partial charge >= 0.3 is 12.1 Å². The third kappa shape index (κ3) is 3.52. The van der Waals surface area contributed by atoms with E-state index in [9.17, 15) is 27.6 Å². The zero-order chi connectivity index (χ0) is 29.2. The van der Waals surface area contributed by atoms with Crippen LogP contribution in [-0.2, 0) is 19.1 Å². The molecule has 4 nitrogen and oxygen atoms in total. The van der Waals surface area contributed by atoms with Crippen LogP contribution >= 0.6 is 0 Å². The number of carbonyl (C=O) groups is 3. The number of fused-ring (bicyclic) bond motifs is 7. The van der Waals surface area contributed by atoms with Crippen LogP contribution < -0.4 is 0 Å². The summed E-state index contributed by atoms with van der Waals surface area (Å²) in [6.45, 7) is 13.7. The molecule has 0 amide bonds. The highest BCUT2D eigenvalue weighted by Gasteiger charge is 2.71. The number of ether oxygens (including phenoxy) is 1. The molecule has 3 saturated carbocycles. The second kappa shape index (κ2) is 8.09. The molecule has 216 valence electrons. The van der Waals surface area contributed by atoms with Gasteiger partial charge < -0.3 is 4.74 Å². The molecule has 3 fully saturated rings. The Bertz CT molecular complexity index is 1210. The summed E-state index contributed by atoms with van der Waals surface area (Å²) in [5, 5.41) is 0. The van der Waals surface area contributed by atoms with Crippen LogP contribution in [0.3, 0.4) is 0 Å². The van der Waals surface area contributed by atoms with Crippen LogP contribution in [0.5, 0.6) is 0 Å². The number of carbonyl (C=O) groups excluding carboxylic acids is 3. The average Bonchev–Trinajstić information content (AvgIpc) is 2.81. The minimum atomic E-state index is -4.76. The highest BCUT2D eigenvalue weighted by atomic mass is 19.4. The number of halogens is 3. The molecule has 0 aliphatic heterocycles. The third-order valence-electron chi connectivity index (χ3n) is 12.6. The lowest BCUT2D eigenvalue weighted by Gasteiger charge is -2.68. The van der Waals surface area contributed by atoms with Crippen LogP contribution in [0, 0.1) is 50.2 Å². The molecule has 5 rings (SSSR count). The minimum Gasteiger partial charge on any atom is -0.469 e. The van der Waals surface area contributed by atoms with Crippen molar-refractivity contribution < 1.29 is 32.3 Å². The number of methoxy groups -OCH3 is 1. The van der Waals surface area contributed by atoms with Crippen molar-refractivity contribution in [2.75, 3.05) is 7.11 Å². The summed E-state index contributed by atoms with van der Waals surface area (Å²) in [6, 6.07) is 0. The Balaban J connectivity index is 1.71. The lowest BCUT2D eigenvalue weighted by atomic mass is 9.34. The van der Waals surface area contributed by atoms with E-state index in [1.807, 2.05) is 6.92 Å². The van der Waals surface area contributed by atoms with E-state index in [1.54, 1.807) is 19.9 Å². The van der Waals surface area contributed by atoms with Gasteiger partial charge in [0.1, 0.15) is 0 Å². The minimum absolute atomic E-state index is 0.0344. The molecule has 0 N–H and O–H groups in total. The van der Waals surface area contributed by atoms with Crippen molar-refractivity contribution in [3.05, 3.63) is 23.3 Å². The summed E-state index contributed by atoms with van der Waals surface area (Å²) in [4.78, 5) is 40.8. The van der Waals surface area contributed by atoms with Gasteiger partial charge in [0.2, 0.25) is 0 Å². The summed E-state index contributed by atoms with van der Waals surface area (Å²) >= 11 is 0. The monoisotopic (exact) mass is 548 g/mol. The molecule has 39 heavy (non-hydrogen) atoms. The van der Waals surface area contributed by atoms with Gasteiger partial charge in [0.15, 0.2) is 11.6 Å². The second-order valence-corrected chi connectivity index (χ2v) is 15.3. The van der Waals surface area contributed by atoms with Crippen molar-refractivity contribution in [1.82, 2.24) is 0 Å². The fraction of sp³-hybridized carbons (Fsp3) is 0.781. The van der Waals surface area contributed by atoms with Gasteiger partial charge in [-0.2, -0.15) is 13.2 Å². The van der Waals surface area contributed by atoms with E-state index in [-0.39, 0.29) is 29.0 Å². The van der Waals surface area contributed by atoms with Crippen LogP contribution in [0.2, 0.25) is 0 Å². The van der Waals surface area contributed by atoms with Gasteiger partial charge in [-0.05, 0) is 79.1 Å². The van der Waals surface area contributed by atoms with Gasteiger partial charge in [0.25, 0.3) is 0 Å². The standard InChI is InChI=1S/C32H43F3O4/c1-26(2)11-13-31(25(38)39-8)14-12-30(7)23(18(31)16-26)20(36)15-22-28(5)17-19(32(33,34)35)24(37)27(3,4)21(28)9-10-29(22,30)6/h15,17-18,21,23H,9-14,16H2,1-8H3/t18-,21+,23?,28+,29-,30-,31+/m1/s1. The Labute approximate surface area is 230 Å². The Kier molecular flexibility index (Phi) is 5.93. The van der Waals surface area contributed by atoms with Gasteiger partial charge in [-0.15, -0.1) is 0 Å². The molecule has 1 unspecified atom stereocenters. The maximum atomic E-state index is 14.3. The molecule has 0 spiro atoms. The molecule has 0 aromatic rings. The number of allylic oxidation sites excluding steroid dienone is 4. The lowest BCUT2D eigenvalue weighted by Crippen LogP contribution is -2.66. The number of ketones is 2. The van der Waals surface area contributed by atoms with Gasteiger partial charge in [-0.3, -0.25) is 14.4 Å². The average molecular weight is 549 g/mol. The van der Waals surface area contributed by atoms with Gasteiger partial charge in [-0.25, -0.2) is 0 Å². The number of esters is 1. The Hall–Kier alpha value is -1.92. The summed E-state index contributed by atoms with van der Waals surface area (Å²) in [5.74, 6) is -2.13. The summed E-state index contributed by atoms with van der Waals surface area (Å²) in [5.41, 5.74) is -4.49. The molecular formula is C32H43F3O4. The van der Waals surface area contributed by atoms with E-state index in [2.05, 4.69) is 27.7 Å². The second-order valence-electron chi connectivity index (χ2n) is 15.3. The van der Waals surface area contributed by atoms with E-state index >= 15 is 0 Å². The van der Waals surface area contributed by atoms with E-state index in [0.717, 1.165) is 24.5 Å². The summed E-state index contributed by atoms with van der Waals surface area (Å²) in [6.07, 6.45) is 2.83. The molecule has 7 heteroatoms. The molecule has 5 aliphatic carbocycles. The Morgan fingerprint density at radius 3 is 2.15 bits per heavy atom. The predicted octanol–water partition coefficient (Wildman–Crippen LogP) is 7.42. The molecule has 0 radical (unpaired) electrons. The highest BCUT2D eigenvalue weighted by Crippen LogP contribution is 2.74. The molecule has 5 aliphatic rings. The van der Waals surface area contributed by atoms with Crippen molar-refractivity contribution >= 4 is 17.5 Å². The Morgan fingerprint density at radius 2 is 1.56 bits per heavy atom. The zero-order valence-electron chi connectivity index (χ0n) is 24.6. The first-order valence-electron chi connectivity index (χ1n) is 14.4. The maximum absolute atomic E-state index is 14.3. The summed E-state index contributed by atoms with van der Waals surface area (Å²) < 4.78 is 47.9. The molecule has 7 atom stereocenters. The van der Waals surface area contributed by atoms with Crippen LogP contribution in [0.1, 0.15) is 93.4 Å². The molecule has 0 saturated heterocycles. The fourth-order valence-corrected chi connectivity index (χ4v) is 10.3. The summed E-state index contributed by atoms with van der Waals surface area (Å²) in [7, 11) is 1.42. The third-order valence-corrected chi connectivity index (χ3v) is 12.6. The van der Waals surface area contributed by atoms with E-state index in [0.29, 0.717) is 32.1 Å². The highest BCUT2D eigenvalue weighted by molar-refractivity contribution is 6.03. The quantitative estimate of drug-likeness (QED) is 0.320. The molecular weight excluding hydrogens is 505 g/mol. The van der Waals surface area contributed by atoms with Crippen LogP contribution in [0.25, 0.3) is 0 Å². The largest absolute Gasteiger partial charge is 0.469 e. The van der Waals surface area contributed by atoms with Crippen molar-refractivity contribution in [3.8, 4) is 0 Å². The van der Waals surface area contributed by atoms with Crippen LogP contribution in [0.15, 0.2) is 23.3 Å².